The van der Waals surface area contributed by atoms with Crippen LogP contribution in [0.4, 0.5) is 0 Å². The number of pyridine rings is 1. The molecule has 0 saturated heterocycles. The number of hydrogen-bond acceptors (Lipinski definition) is 4. The smallest absolute Gasteiger partial charge is 0.252 e. The predicted octanol–water partition coefficient (Wildman–Crippen LogP) is 1.41. The number of rotatable bonds is 8. The molecule has 7 nitrogen and oxygen atoms in total. The van der Waals surface area contributed by atoms with Gasteiger partial charge in [-0.1, -0.05) is 0 Å². The number of nitrogens with one attached hydrogen (secondary N) is 3. The number of methoxy groups -OCH3 is 1. The number of carbonyl (C=O) groups excluding carboxylic acids is 1. The zero-order valence-corrected chi connectivity index (χ0v) is 17.1. The van der Waals surface area contributed by atoms with Crippen molar-refractivity contribution in [3.05, 3.63) is 30.1 Å². The molecule has 3 N–H and O–H groups in total. The summed E-state index contributed by atoms with van der Waals surface area (Å²) >= 11 is 0. The molecule has 0 bridgehead atoms. The molecule has 0 radical (unpaired) electrons. The van der Waals surface area contributed by atoms with Gasteiger partial charge in [0.25, 0.3) is 5.91 Å². The van der Waals surface area contributed by atoms with Crippen LogP contribution in [-0.4, -0.2) is 55.7 Å². The van der Waals surface area contributed by atoms with Crippen LogP contribution < -0.4 is 16.0 Å². The Morgan fingerprint density at radius 3 is 2.58 bits per heavy atom. The Hall–Kier alpha value is -1.42. The Bertz CT molecular complexity index is 508. The number of guanidine groups is 1. The Kier molecular flexibility index (Phi) is 11.3. The van der Waals surface area contributed by atoms with Crippen LogP contribution in [-0.2, 0) is 4.74 Å². The summed E-state index contributed by atoms with van der Waals surface area (Å²) in [5.41, 5.74) is 0.242. The maximum atomic E-state index is 11.9. The van der Waals surface area contributed by atoms with E-state index in [4.69, 9.17) is 4.74 Å². The highest BCUT2D eigenvalue weighted by Gasteiger charge is 2.15. The number of halogens is 1. The second-order valence-electron chi connectivity index (χ2n) is 5.58. The SMILES string of the molecule is CCNC(=NCC(C)(C)OC)NCCNC(=O)c1cccnc1.I. The first-order chi connectivity index (χ1) is 11.0. The van der Waals surface area contributed by atoms with Gasteiger partial charge in [-0.3, -0.25) is 14.8 Å². The molecule has 1 aromatic heterocycles. The quantitative estimate of drug-likeness (QED) is 0.242. The largest absolute Gasteiger partial charge is 0.377 e. The van der Waals surface area contributed by atoms with Crippen LogP contribution >= 0.6 is 24.0 Å². The van der Waals surface area contributed by atoms with E-state index < -0.39 is 0 Å². The minimum absolute atomic E-state index is 0. The third-order valence-corrected chi connectivity index (χ3v) is 3.14. The lowest BCUT2D eigenvalue weighted by atomic mass is 10.1. The highest BCUT2D eigenvalue weighted by molar-refractivity contribution is 14.0. The Balaban J connectivity index is 0.00000529. The van der Waals surface area contributed by atoms with Gasteiger partial charge in [-0.05, 0) is 32.9 Å². The van der Waals surface area contributed by atoms with Crippen LogP contribution in [0, 0.1) is 0 Å². The average molecular weight is 449 g/mol. The van der Waals surface area contributed by atoms with Crippen molar-refractivity contribution < 1.29 is 9.53 Å². The third-order valence-electron chi connectivity index (χ3n) is 3.14. The first-order valence-electron chi connectivity index (χ1n) is 7.74. The zero-order chi connectivity index (χ0) is 17.1. The molecule has 8 heteroatoms. The minimum Gasteiger partial charge on any atom is -0.377 e. The summed E-state index contributed by atoms with van der Waals surface area (Å²) < 4.78 is 5.35. The van der Waals surface area contributed by atoms with E-state index >= 15 is 0 Å². The number of nitrogens with zero attached hydrogens (tertiary/aromatic N) is 2. The summed E-state index contributed by atoms with van der Waals surface area (Å²) in [4.78, 5) is 20.3. The van der Waals surface area contributed by atoms with Gasteiger partial charge in [0.2, 0.25) is 0 Å². The van der Waals surface area contributed by atoms with Gasteiger partial charge in [-0.2, -0.15) is 0 Å². The third kappa shape index (κ3) is 9.02. The van der Waals surface area contributed by atoms with Gasteiger partial charge in [0.15, 0.2) is 5.96 Å². The number of carbonyl (C=O) groups is 1. The van der Waals surface area contributed by atoms with Crippen molar-refractivity contribution in [2.24, 2.45) is 4.99 Å². The summed E-state index contributed by atoms with van der Waals surface area (Å²) in [6.07, 6.45) is 3.18. The Labute approximate surface area is 161 Å². The van der Waals surface area contributed by atoms with Gasteiger partial charge in [0.05, 0.1) is 17.7 Å². The molecule has 0 saturated carbocycles. The van der Waals surface area contributed by atoms with Crippen molar-refractivity contribution in [3.63, 3.8) is 0 Å². The molecule has 1 amide bonds. The highest BCUT2D eigenvalue weighted by Crippen LogP contribution is 2.06. The van der Waals surface area contributed by atoms with Crippen molar-refractivity contribution in [2.75, 3.05) is 33.3 Å². The summed E-state index contributed by atoms with van der Waals surface area (Å²) in [7, 11) is 1.67. The molecule has 0 aromatic carbocycles. The molecule has 0 aliphatic heterocycles. The lowest BCUT2D eigenvalue weighted by Crippen LogP contribution is -2.42. The number of amides is 1. The van der Waals surface area contributed by atoms with Gasteiger partial charge in [-0.25, -0.2) is 0 Å². The molecular formula is C16H28IN5O2. The normalized spacial score (nSPS) is 11.4. The van der Waals surface area contributed by atoms with E-state index in [-0.39, 0.29) is 35.5 Å². The summed E-state index contributed by atoms with van der Waals surface area (Å²) in [6.45, 7) is 8.34. The first kappa shape index (κ1) is 22.6. The van der Waals surface area contributed by atoms with Gasteiger partial charge in [0.1, 0.15) is 0 Å². The fourth-order valence-electron chi connectivity index (χ4n) is 1.63. The summed E-state index contributed by atoms with van der Waals surface area (Å²) in [5.74, 6) is 0.565. The predicted molar refractivity (Wildman–Crippen MR) is 107 cm³/mol. The number of aromatic nitrogens is 1. The standard InChI is InChI=1S/C16H27N5O2.HI/c1-5-18-15(21-12-16(2,3)23-4)20-10-9-19-14(22)13-7-6-8-17-11-13;/h6-8,11H,5,9-10,12H2,1-4H3,(H,19,22)(H2,18,20,21);1H. The van der Waals surface area contributed by atoms with Crippen LogP contribution in [0.5, 0.6) is 0 Å². The van der Waals surface area contributed by atoms with Crippen molar-refractivity contribution in [2.45, 2.75) is 26.4 Å². The van der Waals surface area contributed by atoms with Crippen LogP contribution in [0.1, 0.15) is 31.1 Å². The topological polar surface area (TPSA) is 87.6 Å². The fourth-order valence-corrected chi connectivity index (χ4v) is 1.63. The van der Waals surface area contributed by atoms with Crippen LogP contribution in [0.25, 0.3) is 0 Å². The van der Waals surface area contributed by atoms with E-state index in [1.807, 2.05) is 20.8 Å². The van der Waals surface area contributed by atoms with Crippen LogP contribution in [0.3, 0.4) is 0 Å². The van der Waals surface area contributed by atoms with Crippen molar-refractivity contribution in [3.8, 4) is 0 Å². The second kappa shape index (κ2) is 12.0. The molecule has 0 unspecified atom stereocenters. The van der Waals surface area contributed by atoms with E-state index in [0.29, 0.717) is 31.2 Å². The lowest BCUT2D eigenvalue weighted by Gasteiger charge is -2.21. The van der Waals surface area contributed by atoms with Crippen LogP contribution in [0.2, 0.25) is 0 Å². The molecule has 0 aliphatic carbocycles. The zero-order valence-electron chi connectivity index (χ0n) is 14.8. The fraction of sp³-hybridized carbons (Fsp3) is 0.562. The van der Waals surface area contributed by atoms with E-state index in [1.165, 1.54) is 0 Å². The molecule has 1 rings (SSSR count). The molecule has 24 heavy (non-hydrogen) atoms. The Morgan fingerprint density at radius 2 is 2.00 bits per heavy atom. The van der Waals surface area contributed by atoms with Gasteiger partial charge in [0, 0.05) is 39.1 Å². The van der Waals surface area contributed by atoms with Gasteiger partial charge < -0.3 is 20.7 Å². The van der Waals surface area contributed by atoms with E-state index in [1.54, 1.807) is 31.6 Å². The van der Waals surface area contributed by atoms with Crippen molar-refractivity contribution in [1.29, 1.82) is 0 Å². The molecule has 136 valence electrons. The van der Waals surface area contributed by atoms with Crippen molar-refractivity contribution in [1.82, 2.24) is 20.9 Å². The maximum absolute atomic E-state index is 11.9. The maximum Gasteiger partial charge on any atom is 0.252 e. The monoisotopic (exact) mass is 449 g/mol. The highest BCUT2D eigenvalue weighted by atomic mass is 127. The first-order valence-corrected chi connectivity index (χ1v) is 7.74. The second-order valence-corrected chi connectivity index (χ2v) is 5.58. The van der Waals surface area contributed by atoms with Crippen LogP contribution in [0.15, 0.2) is 29.5 Å². The van der Waals surface area contributed by atoms with Gasteiger partial charge in [-0.15, -0.1) is 24.0 Å². The molecule has 1 heterocycles. The van der Waals surface area contributed by atoms with E-state index in [9.17, 15) is 4.79 Å². The minimum atomic E-state index is -0.309. The molecule has 1 aromatic rings. The van der Waals surface area contributed by atoms with Crippen molar-refractivity contribution >= 4 is 35.8 Å². The molecule has 0 aliphatic rings. The average Bonchev–Trinajstić information content (AvgIpc) is 2.57. The number of ether oxygens (including phenoxy) is 1. The molecule has 0 fully saturated rings. The lowest BCUT2D eigenvalue weighted by molar-refractivity contribution is 0.0310. The molecule has 0 spiro atoms. The van der Waals surface area contributed by atoms with E-state index in [0.717, 1.165) is 6.54 Å². The van der Waals surface area contributed by atoms with E-state index in [2.05, 4.69) is 25.9 Å². The summed E-state index contributed by atoms with van der Waals surface area (Å²) in [5, 5.41) is 9.17. The summed E-state index contributed by atoms with van der Waals surface area (Å²) in [6, 6.07) is 3.47. The molecular weight excluding hydrogens is 421 g/mol. The van der Waals surface area contributed by atoms with Gasteiger partial charge >= 0.3 is 0 Å². The molecule has 0 atom stereocenters. The number of aliphatic imine (C=N–C) groups is 1. The number of hydrogen-bond donors (Lipinski definition) is 3. The Morgan fingerprint density at radius 1 is 1.29 bits per heavy atom.